The van der Waals surface area contributed by atoms with Crippen molar-refractivity contribution in [2.75, 3.05) is 6.54 Å². The third-order valence-corrected chi connectivity index (χ3v) is 7.48. The van der Waals surface area contributed by atoms with Crippen molar-refractivity contribution in [3.63, 3.8) is 0 Å². The monoisotopic (exact) mass is 429 g/mol. The summed E-state index contributed by atoms with van der Waals surface area (Å²) in [5.41, 5.74) is 7.16. The van der Waals surface area contributed by atoms with Crippen molar-refractivity contribution in [2.45, 2.75) is 81.8 Å². The van der Waals surface area contributed by atoms with E-state index in [4.69, 9.17) is 5.73 Å². The second-order valence-electron chi connectivity index (χ2n) is 8.00. The molecule has 2 atom stereocenters. The maximum Gasteiger partial charge on any atom is 0.254 e. The fourth-order valence-corrected chi connectivity index (χ4v) is 5.85. The molecule has 6 nitrogen and oxygen atoms in total. The number of hydrogen-bond donors (Lipinski definition) is 2. The van der Waals surface area contributed by atoms with Gasteiger partial charge in [0.25, 0.3) is 5.91 Å². The highest BCUT2D eigenvalue weighted by Gasteiger charge is 2.31. The van der Waals surface area contributed by atoms with Crippen molar-refractivity contribution in [3.8, 4) is 0 Å². The molecule has 158 valence electrons. The van der Waals surface area contributed by atoms with Crippen LogP contribution in [0.1, 0.15) is 67.8 Å². The van der Waals surface area contributed by atoms with Crippen LogP contribution in [0.2, 0.25) is 0 Å². The van der Waals surface area contributed by atoms with Gasteiger partial charge in [-0.1, -0.05) is 18.9 Å². The molecule has 0 radical (unpaired) electrons. The zero-order valence-corrected chi connectivity index (χ0v) is 18.3. The summed E-state index contributed by atoms with van der Waals surface area (Å²) in [6, 6.07) is 4.87. The van der Waals surface area contributed by atoms with Gasteiger partial charge in [0.15, 0.2) is 0 Å². The summed E-state index contributed by atoms with van der Waals surface area (Å²) in [5, 5.41) is 0. The molecule has 1 amide bonds. The second-order valence-corrected chi connectivity index (χ2v) is 9.69. The van der Waals surface area contributed by atoms with Crippen molar-refractivity contribution < 1.29 is 13.2 Å². The van der Waals surface area contributed by atoms with E-state index in [2.05, 4.69) is 4.72 Å². The minimum atomic E-state index is -3.64. The average Bonchev–Trinajstić information content (AvgIpc) is 3.13. The molecule has 3 rings (SSSR count). The van der Waals surface area contributed by atoms with Crippen LogP contribution in [0, 0.1) is 6.92 Å². The number of rotatable bonds is 5. The van der Waals surface area contributed by atoms with Crippen LogP contribution in [0.25, 0.3) is 0 Å². The van der Waals surface area contributed by atoms with Gasteiger partial charge < -0.3 is 10.6 Å². The SMILES string of the molecule is Cc1ccc(C(=O)N2CCCCC2C(C)N)cc1S(=O)(=O)NC1CCCC1.Cl. The van der Waals surface area contributed by atoms with Crippen LogP contribution < -0.4 is 10.5 Å². The lowest BCUT2D eigenvalue weighted by atomic mass is 9.96. The van der Waals surface area contributed by atoms with Gasteiger partial charge in [0.1, 0.15) is 0 Å². The molecule has 1 aliphatic carbocycles. The second kappa shape index (κ2) is 9.57. The van der Waals surface area contributed by atoms with Gasteiger partial charge >= 0.3 is 0 Å². The van der Waals surface area contributed by atoms with Crippen LogP contribution in [-0.4, -0.2) is 43.9 Å². The molecule has 1 aliphatic heterocycles. The van der Waals surface area contributed by atoms with E-state index in [9.17, 15) is 13.2 Å². The number of likely N-dealkylation sites (tertiary alicyclic amines) is 1. The van der Waals surface area contributed by atoms with Gasteiger partial charge in [0.2, 0.25) is 10.0 Å². The summed E-state index contributed by atoms with van der Waals surface area (Å²) in [7, 11) is -3.64. The van der Waals surface area contributed by atoms with Crippen molar-refractivity contribution in [1.82, 2.24) is 9.62 Å². The fraction of sp³-hybridized carbons (Fsp3) is 0.650. The van der Waals surface area contributed by atoms with Crippen LogP contribution in [-0.2, 0) is 10.0 Å². The molecule has 0 bridgehead atoms. The zero-order chi connectivity index (χ0) is 19.6. The molecule has 1 saturated heterocycles. The highest BCUT2D eigenvalue weighted by atomic mass is 35.5. The Labute approximate surface area is 174 Å². The summed E-state index contributed by atoms with van der Waals surface area (Å²) in [4.78, 5) is 15.1. The number of aryl methyl sites for hydroxylation is 1. The maximum atomic E-state index is 13.1. The first-order valence-electron chi connectivity index (χ1n) is 9.99. The summed E-state index contributed by atoms with van der Waals surface area (Å²) in [6.45, 7) is 4.36. The summed E-state index contributed by atoms with van der Waals surface area (Å²) >= 11 is 0. The van der Waals surface area contributed by atoms with E-state index in [1.54, 1.807) is 19.1 Å². The van der Waals surface area contributed by atoms with Gasteiger partial charge in [0, 0.05) is 30.2 Å². The largest absolute Gasteiger partial charge is 0.334 e. The molecule has 2 fully saturated rings. The van der Waals surface area contributed by atoms with Crippen LogP contribution in [0.4, 0.5) is 0 Å². The lowest BCUT2D eigenvalue weighted by Gasteiger charge is -2.38. The van der Waals surface area contributed by atoms with Crippen molar-refractivity contribution in [3.05, 3.63) is 29.3 Å². The molecule has 1 aromatic carbocycles. The van der Waals surface area contributed by atoms with Crippen LogP contribution >= 0.6 is 12.4 Å². The lowest BCUT2D eigenvalue weighted by molar-refractivity contribution is 0.0583. The number of nitrogens with zero attached hydrogens (tertiary/aromatic N) is 1. The zero-order valence-electron chi connectivity index (χ0n) is 16.7. The van der Waals surface area contributed by atoms with Gasteiger partial charge in [-0.15, -0.1) is 12.4 Å². The minimum Gasteiger partial charge on any atom is -0.334 e. The molecule has 1 saturated carbocycles. The molecule has 0 spiro atoms. The number of benzene rings is 1. The van der Waals surface area contributed by atoms with E-state index in [0.717, 1.165) is 44.9 Å². The summed E-state index contributed by atoms with van der Waals surface area (Å²) < 4.78 is 28.6. The third-order valence-electron chi connectivity index (χ3n) is 5.82. The van der Waals surface area contributed by atoms with E-state index < -0.39 is 10.0 Å². The number of nitrogens with one attached hydrogen (secondary N) is 1. The molecule has 2 aliphatic rings. The minimum absolute atomic E-state index is 0. The van der Waals surface area contributed by atoms with Crippen molar-refractivity contribution in [2.24, 2.45) is 5.73 Å². The number of halogens is 1. The first-order valence-corrected chi connectivity index (χ1v) is 11.5. The molecular weight excluding hydrogens is 398 g/mol. The Balaban J connectivity index is 0.00000280. The highest BCUT2D eigenvalue weighted by molar-refractivity contribution is 7.89. The highest BCUT2D eigenvalue weighted by Crippen LogP contribution is 2.25. The number of carbonyl (C=O) groups excluding carboxylic acids is 1. The van der Waals surface area contributed by atoms with E-state index in [1.807, 2.05) is 11.8 Å². The predicted molar refractivity (Wildman–Crippen MR) is 113 cm³/mol. The van der Waals surface area contributed by atoms with Crippen LogP contribution in [0.5, 0.6) is 0 Å². The first kappa shape index (κ1) is 23.1. The Kier molecular flexibility index (Phi) is 7.90. The number of piperidine rings is 1. The van der Waals surface area contributed by atoms with Gasteiger partial charge in [-0.05, 0) is 63.6 Å². The molecule has 0 aromatic heterocycles. The number of amides is 1. The maximum absolute atomic E-state index is 13.1. The molecule has 8 heteroatoms. The number of nitrogens with two attached hydrogens (primary N) is 1. The Morgan fingerprint density at radius 1 is 1.18 bits per heavy atom. The quantitative estimate of drug-likeness (QED) is 0.752. The van der Waals surface area contributed by atoms with Gasteiger partial charge in [-0.3, -0.25) is 4.79 Å². The van der Waals surface area contributed by atoms with Crippen molar-refractivity contribution >= 4 is 28.3 Å². The molecule has 1 aromatic rings. The fourth-order valence-electron chi connectivity index (χ4n) is 4.27. The normalized spacial score (nSPS) is 22.0. The van der Waals surface area contributed by atoms with Crippen molar-refractivity contribution in [1.29, 1.82) is 0 Å². The average molecular weight is 430 g/mol. The molecule has 1 heterocycles. The van der Waals surface area contributed by atoms with Crippen LogP contribution in [0.15, 0.2) is 23.1 Å². The van der Waals surface area contributed by atoms with Gasteiger partial charge in [-0.2, -0.15) is 0 Å². The molecule has 3 N–H and O–H groups in total. The van der Waals surface area contributed by atoms with Gasteiger partial charge in [-0.25, -0.2) is 13.1 Å². The van der Waals surface area contributed by atoms with E-state index >= 15 is 0 Å². The number of carbonyl (C=O) groups is 1. The Morgan fingerprint density at radius 2 is 1.82 bits per heavy atom. The van der Waals surface area contributed by atoms with Gasteiger partial charge in [0.05, 0.1) is 4.90 Å². The molecule has 28 heavy (non-hydrogen) atoms. The Hall–Kier alpha value is -1.15. The summed E-state index contributed by atoms with van der Waals surface area (Å²) in [6.07, 6.45) is 6.77. The van der Waals surface area contributed by atoms with E-state index in [-0.39, 0.29) is 41.3 Å². The smallest absolute Gasteiger partial charge is 0.254 e. The Bertz CT molecular complexity index is 792. The number of sulfonamides is 1. The standard InChI is InChI=1S/C20H31N3O3S.ClH/c1-14-10-11-16(20(24)23-12-6-5-9-18(23)15(2)21)13-19(14)27(25,26)22-17-7-3-4-8-17;/h10-11,13,15,17-18,22H,3-9,12,21H2,1-2H3;1H. The molecular formula is C20H32ClN3O3S. The first-order chi connectivity index (χ1) is 12.8. The lowest BCUT2D eigenvalue weighted by Crippen LogP contribution is -2.51. The van der Waals surface area contributed by atoms with E-state index in [1.165, 1.54) is 6.07 Å². The predicted octanol–water partition coefficient (Wildman–Crippen LogP) is 2.98. The van der Waals surface area contributed by atoms with Crippen LogP contribution in [0.3, 0.4) is 0 Å². The topological polar surface area (TPSA) is 92.5 Å². The molecule has 2 unspecified atom stereocenters. The van der Waals surface area contributed by atoms with E-state index in [0.29, 0.717) is 17.7 Å². The third kappa shape index (κ3) is 5.06. The Morgan fingerprint density at radius 3 is 2.46 bits per heavy atom. The summed E-state index contributed by atoms with van der Waals surface area (Å²) in [5.74, 6) is -0.130. The number of hydrogen-bond acceptors (Lipinski definition) is 4.